The van der Waals surface area contributed by atoms with Crippen molar-refractivity contribution in [1.82, 2.24) is 4.90 Å². The minimum Gasteiger partial charge on any atom is -0.398 e. The molecule has 2 rings (SSSR count). The molecule has 110 valence electrons. The first-order chi connectivity index (χ1) is 10.0. The highest BCUT2D eigenvalue weighted by molar-refractivity contribution is 9.10. The normalized spacial score (nSPS) is 10.4. The Bertz CT molecular complexity index is 655. The molecule has 0 aliphatic heterocycles. The van der Waals surface area contributed by atoms with Gasteiger partial charge in [-0.1, -0.05) is 45.8 Å². The molecule has 0 saturated heterocycles. The van der Waals surface area contributed by atoms with Gasteiger partial charge in [0.15, 0.2) is 0 Å². The Morgan fingerprint density at radius 1 is 1.24 bits per heavy atom. The van der Waals surface area contributed by atoms with E-state index in [1.165, 1.54) is 5.56 Å². The molecular formula is C17H19BrN2O. The molecule has 0 radical (unpaired) electrons. The Labute approximate surface area is 133 Å². The van der Waals surface area contributed by atoms with Crippen molar-refractivity contribution in [3.05, 3.63) is 63.6 Å². The summed E-state index contributed by atoms with van der Waals surface area (Å²) in [4.78, 5) is 14.5. The van der Waals surface area contributed by atoms with Crippen LogP contribution in [0.25, 0.3) is 0 Å². The molecule has 0 heterocycles. The molecule has 0 unspecified atom stereocenters. The Morgan fingerprint density at radius 3 is 2.67 bits per heavy atom. The van der Waals surface area contributed by atoms with Gasteiger partial charge in [0.25, 0.3) is 5.91 Å². The average molecular weight is 347 g/mol. The first-order valence-electron chi connectivity index (χ1n) is 6.91. The number of aryl methyl sites for hydroxylation is 1. The number of halogens is 1. The predicted molar refractivity (Wildman–Crippen MR) is 90.1 cm³/mol. The van der Waals surface area contributed by atoms with E-state index in [9.17, 15) is 4.79 Å². The number of hydrogen-bond donors (Lipinski definition) is 1. The zero-order valence-electron chi connectivity index (χ0n) is 12.3. The molecule has 0 atom stereocenters. The lowest BCUT2D eigenvalue weighted by molar-refractivity contribution is 0.0753. The molecule has 3 nitrogen and oxygen atoms in total. The topological polar surface area (TPSA) is 46.3 Å². The first kappa shape index (κ1) is 15.6. The molecule has 0 fully saturated rings. The monoisotopic (exact) mass is 346 g/mol. The predicted octanol–water partition coefficient (Wildman–Crippen LogP) is 4.00. The van der Waals surface area contributed by atoms with Crippen molar-refractivity contribution in [3.63, 3.8) is 0 Å². The van der Waals surface area contributed by atoms with Crippen LogP contribution in [-0.4, -0.2) is 17.4 Å². The van der Waals surface area contributed by atoms with Gasteiger partial charge in [0.05, 0.1) is 5.56 Å². The second-order valence-electron chi connectivity index (χ2n) is 5.04. The van der Waals surface area contributed by atoms with Crippen LogP contribution in [0.1, 0.15) is 28.4 Å². The number of carbonyl (C=O) groups is 1. The standard InChI is InChI=1S/C17H19BrN2O/c1-3-20(11-13-6-4-5-12(2)9-13)17(21)15-10-14(18)7-8-16(15)19/h4-10H,3,11,19H2,1-2H3. The van der Waals surface area contributed by atoms with Crippen molar-refractivity contribution in [2.75, 3.05) is 12.3 Å². The molecular weight excluding hydrogens is 328 g/mol. The number of rotatable bonds is 4. The van der Waals surface area contributed by atoms with Crippen molar-refractivity contribution in [1.29, 1.82) is 0 Å². The molecule has 2 aromatic rings. The van der Waals surface area contributed by atoms with E-state index < -0.39 is 0 Å². The molecule has 0 spiro atoms. The van der Waals surface area contributed by atoms with Crippen molar-refractivity contribution in [2.45, 2.75) is 20.4 Å². The number of nitrogens with two attached hydrogens (primary N) is 1. The fraction of sp³-hybridized carbons (Fsp3) is 0.235. The molecule has 2 aromatic carbocycles. The highest BCUT2D eigenvalue weighted by atomic mass is 79.9. The lowest BCUT2D eigenvalue weighted by Crippen LogP contribution is -2.30. The maximum absolute atomic E-state index is 12.7. The van der Waals surface area contributed by atoms with Crippen LogP contribution < -0.4 is 5.73 Å². The first-order valence-corrected chi connectivity index (χ1v) is 7.70. The number of nitrogens with zero attached hydrogens (tertiary/aromatic N) is 1. The Hall–Kier alpha value is -1.81. The zero-order valence-corrected chi connectivity index (χ0v) is 13.9. The Kier molecular flexibility index (Phi) is 5.02. The minimum absolute atomic E-state index is 0.0437. The van der Waals surface area contributed by atoms with E-state index in [4.69, 9.17) is 5.73 Å². The third kappa shape index (κ3) is 3.85. The molecule has 0 aliphatic rings. The summed E-state index contributed by atoms with van der Waals surface area (Å²) in [5.41, 5.74) is 9.29. The highest BCUT2D eigenvalue weighted by Crippen LogP contribution is 2.21. The molecule has 0 saturated carbocycles. The number of amides is 1. The summed E-state index contributed by atoms with van der Waals surface area (Å²) >= 11 is 3.39. The van der Waals surface area contributed by atoms with Gasteiger partial charge in [-0.25, -0.2) is 0 Å². The van der Waals surface area contributed by atoms with Gasteiger partial charge in [-0.3, -0.25) is 4.79 Å². The number of anilines is 1. The second kappa shape index (κ2) is 6.76. The molecule has 4 heteroatoms. The van der Waals surface area contributed by atoms with E-state index in [0.29, 0.717) is 24.3 Å². The smallest absolute Gasteiger partial charge is 0.256 e. The van der Waals surface area contributed by atoms with Crippen LogP contribution >= 0.6 is 15.9 Å². The van der Waals surface area contributed by atoms with Gasteiger partial charge in [-0.15, -0.1) is 0 Å². The Morgan fingerprint density at radius 2 is 2.00 bits per heavy atom. The molecule has 0 aliphatic carbocycles. The van der Waals surface area contributed by atoms with Gasteiger partial charge in [-0.2, -0.15) is 0 Å². The fourth-order valence-electron chi connectivity index (χ4n) is 2.24. The van der Waals surface area contributed by atoms with Crippen LogP contribution in [0.2, 0.25) is 0 Å². The third-order valence-corrected chi connectivity index (χ3v) is 3.86. The van der Waals surface area contributed by atoms with Crippen LogP contribution in [0.3, 0.4) is 0 Å². The maximum Gasteiger partial charge on any atom is 0.256 e. The second-order valence-corrected chi connectivity index (χ2v) is 5.96. The lowest BCUT2D eigenvalue weighted by atomic mass is 10.1. The third-order valence-electron chi connectivity index (χ3n) is 3.37. The van der Waals surface area contributed by atoms with Gasteiger partial charge >= 0.3 is 0 Å². The average Bonchev–Trinajstić information content (AvgIpc) is 2.46. The SMILES string of the molecule is CCN(Cc1cccc(C)c1)C(=O)c1cc(Br)ccc1N. The van der Waals surface area contributed by atoms with Crippen LogP contribution in [0.15, 0.2) is 46.9 Å². The molecule has 0 aromatic heterocycles. The fourth-order valence-corrected chi connectivity index (χ4v) is 2.60. The number of carbonyl (C=O) groups excluding carboxylic acids is 1. The van der Waals surface area contributed by atoms with Crippen LogP contribution in [0.4, 0.5) is 5.69 Å². The van der Waals surface area contributed by atoms with Gasteiger partial charge in [0.1, 0.15) is 0 Å². The number of benzene rings is 2. The van der Waals surface area contributed by atoms with Gasteiger partial charge in [0, 0.05) is 23.2 Å². The van der Waals surface area contributed by atoms with Crippen molar-refractivity contribution >= 4 is 27.5 Å². The largest absolute Gasteiger partial charge is 0.398 e. The summed E-state index contributed by atoms with van der Waals surface area (Å²) in [6.07, 6.45) is 0. The van der Waals surface area contributed by atoms with Crippen LogP contribution in [0, 0.1) is 6.92 Å². The summed E-state index contributed by atoms with van der Waals surface area (Å²) in [6, 6.07) is 13.6. The van der Waals surface area contributed by atoms with E-state index in [-0.39, 0.29) is 5.91 Å². The number of hydrogen-bond acceptors (Lipinski definition) is 2. The molecule has 2 N–H and O–H groups in total. The number of nitrogen functional groups attached to an aromatic ring is 1. The van der Waals surface area contributed by atoms with E-state index >= 15 is 0 Å². The lowest BCUT2D eigenvalue weighted by Gasteiger charge is -2.22. The van der Waals surface area contributed by atoms with Gasteiger partial charge < -0.3 is 10.6 Å². The molecule has 1 amide bonds. The van der Waals surface area contributed by atoms with Gasteiger partial charge in [-0.05, 0) is 37.6 Å². The minimum atomic E-state index is -0.0437. The summed E-state index contributed by atoms with van der Waals surface area (Å²) < 4.78 is 0.853. The van der Waals surface area contributed by atoms with E-state index in [2.05, 4.69) is 22.0 Å². The van der Waals surface area contributed by atoms with E-state index in [0.717, 1.165) is 10.0 Å². The van der Waals surface area contributed by atoms with Crippen molar-refractivity contribution in [3.8, 4) is 0 Å². The summed E-state index contributed by atoms with van der Waals surface area (Å²) in [5.74, 6) is -0.0437. The van der Waals surface area contributed by atoms with E-state index in [1.807, 2.05) is 38.1 Å². The quantitative estimate of drug-likeness (QED) is 0.850. The van der Waals surface area contributed by atoms with Crippen molar-refractivity contribution in [2.24, 2.45) is 0 Å². The summed E-state index contributed by atoms with van der Waals surface area (Å²) in [7, 11) is 0. The highest BCUT2D eigenvalue weighted by Gasteiger charge is 2.17. The zero-order chi connectivity index (χ0) is 15.4. The van der Waals surface area contributed by atoms with Crippen molar-refractivity contribution < 1.29 is 4.79 Å². The summed E-state index contributed by atoms with van der Waals surface area (Å²) in [6.45, 7) is 5.25. The Balaban J connectivity index is 2.24. The maximum atomic E-state index is 12.7. The van der Waals surface area contributed by atoms with Crippen LogP contribution in [-0.2, 0) is 6.54 Å². The van der Waals surface area contributed by atoms with Gasteiger partial charge in [0.2, 0.25) is 0 Å². The van der Waals surface area contributed by atoms with E-state index in [1.54, 1.807) is 17.0 Å². The molecule has 21 heavy (non-hydrogen) atoms. The molecule has 0 bridgehead atoms. The summed E-state index contributed by atoms with van der Waals surface area (Å²) in [5, 5.41) is 0. The van der Waals surface area contributed by atoms with Crippen LogP contribution in [0.5, 0.6) is 0 Å².